The Morgan fingerprint density at radius 3 is 2.44 bits per heavy atom. The van der Waals surface area contributed by atoms with Gasteiger partial charge in [0.05, 0.1) is 17.0 Å². The molecule has 3 aromatic rings. The summed E-state index contributed by atoms with van der Waals surface area (Å²) < 4.78 is 5.51. The van der Waals surface area contributed by atoms with Crippen LogP contribution in [0.5, 0.6) is 0 Å². The maximum atomic E-state index is 12.6. The van der Waals surface area contributed by atoms with Crippen molar-refractivity contribution < 1.29 is 14.3 Å². The first-order chi connectivity index (χ1) is 18.7. The van der Waals surface area contributed by atoms with E-state index in [1.54, 1.807) is 11.1 Å². The molecule has 1 saturated heterocycles. The predicted octanol–water partition coefficient (Wildman–Crippen LogP) is 4.75. The lowest BCUT2D eigenvalue weighted by molar-refractivity contribution is 0.0240. The van der Waals surface area contributed by atoms with Gasteiger partial charge >= 0.3 is 6.09 Å². The van der Waals surface area contributed by atoms with E-state index in [1.165, 1.54) is 12.8 Å². The third kappa shape index (κ3) is 4.97. The molecule has 9 nitrogen and oxygen atoms in total. The smallest absolute Gasteiger partial charge is 0.410 e. The molecule has 6 rings (SSSR count). The summed E-state index contributed by atoms with van der Waals surface area (Å²) in [7, 11) is 0. The summed E-state index contributed by atoms with van der Waals surface area (Å²) >= 11 is 0. The summed E-state index contributed by atoms with van der Waals surface area (Å²) in [5, 5.41) is 3.10. The minimum Gasteiger partial charge on any atom is -0.444 e. The molecule has 0 unspecified atom stereocenters. The second-order valence-corrected chi connectivity index (χ2v) is 11.9. The van der Waals surface area contributed by atoms with Crippen LogP contribution in [0, 0.1) is 0 Å². The van der Waals surface area contributed by atoms with E-state index in [0.29, 0.717) is 25.5 Å². The van der Waals surface area contributed by atoms with Crippen LogP contribution < -0.4 is 10.2 Å². The van der Waals surface area contributed by atoms with Crippen LogP contribution in [-0.4, -0.2) is 70.2 Å². The van der Waals surface area contributed by atoms with E-state index in [4.69, 9.17) is 9.72 Å². The van der Waals surface area contributed by atoms with Gasteiger partial charge in [0, 0.05) is 61.3 Å². The van der Waals surface area contributed by atoms with Gasteiger partial charge in [-0.1, -0.05) is 12.8 Å². The molecule has 39 heavy (non-hydrogen) atoms. The van der Waals surface area contributed by atoms with Crippen molar-refractivity contribution in [3.63, 3.8) is 0 Å². The van der Waals surface area contributed by atoms with Crippen molar-refractivity contribution in [1.82, 2.24) is 25.2 Å². The summed E-state index contributed by atoms with van der Waals surface area (Å²) in [5.74, 6) is 0.628. The van der Waals surface area contributed by atoms with Crippen molar-refractivity contribution in [1.29, 1.82) is 0 Å². The number of rotatable bonds is 3. The van der Waals surface area contributed by atoms with Crippen LogP contribution in [0.3, 0.4) is 0 Å². The number of nitrogens with one attached hydrogen (secondary N) is 2. The van der Waals surface area contributed by atoms with Crippen molar-refractivity contribution in [2.75, 3.05) is 37.6 Å². The number of anilines is 1. The quantitative estimate of drug-likeness (QED) is 0.509. The first-order valence-electron chi connectivity index (χ1n) is 13.9. The van der Waals surface area contributed by atoms with Crippen molar-refractivity contribution in [2.45, 2.75) is 57.5 Å². The zero-order chi connectivity index (χ0) is 27.2. The molecule has 1 aliphatic carbocycles. The fraction of sp³-hybridized carbons (Fsp3) is 0.467. The molecule has 1 aromatic carbocycles. The van der Waals surface area contributed by atoms with Crippen LogP contribution in [0.15, 0.2) is 42.6 Å². The summed E-state index contributed by atoms with van der Waals surface area (Å²) in [6, 6.07) is 12.1. The molecule has 204 valence electrons. The van der Waals surface area contributed by atoms with Gasteiger partial charge in [0.2, 0.25) is 0 Å². The highest BCUT2D eigenvalue weighted by Gasteiger charge is 2.43. The monoisotopic (exact) mass is 528 g/mol. The first-order valence-corrected chi connectivity index (χ1v) is 13.9. The van der Waals surface area contributed by atoms with Crippen molar-refractivity contribution in [2.24, 2.45) is 0 Å². The predicted molar refractivity (Wildman–Crippen MR) is 150 cm³/mol. The summed E-state index contributed by atoms with van der Waals surface area (Å²) in [6.07, 6.45) is 6.09. The van der Waals surface area contributed by atoms with Crippen LogP contribution in [0.4, 0.5) is 10.5 Å². The maximum absolute atomic E-state index is 12.6. The molecule has 1 saturated carbocycles. The number of aromatic amines is 1. The molecule has 2 amide bonds. The lowest BCUT2D eigenvalue weighted by Crippen LogP contribution is -2.50. The SMILES string of the molecule is CC(C)(C)OC(=O)N1CCN(c2ccc(-c3nccc(-c4cc5c([nH]4)C4(CCCC4)CNC5=O)n3)cc2)CC1. The number of amides is 2. The highest BCUT2D eigenvalue weighted by Crippen LogP contribution is 2.44. The van der Waals surface area contributed by atoms with Gasteiger partial charge in [0.15, 0.2) is 5.82 Å². The molecule has 3 aliphatic rings. The number of aromatic nitrogens is 3. The van der Waals surface area contributed by atoms with E-state index in [-0.39, 0.29) is 17.4 Å². The lowest BCUT2D eigenvalue weighted by atomic mass is 9.78. The van der Waals surface area contributed by atoms with Gasteiger partial charge < -0.3 is 24.8 Å². The van der Waals surface area contributed by atoms with E-state index in [2.05, 4.69) is 32.3 Å². The Morgan fingerprint density at radius 1 is 1.03 bits per heavy atom. The highest BCUT2D eigenvalue weighted by molar-refractivity contribution is 5.98. The Kier molecular flexibility index (Phi) is 6.32. The lowest BCUT2D eigenvalue weighted by Gasteiger charge is -2.36. The normalized spacial score (nSPS) is 18.7. The fourth-order valence-corrected chi connectivity index (χ4v) is 6.04. The fourth-order valence-electron chi connectivity index (χ4n) is 6.04. The van der Waals surface area contributed by atoms with Crippen LogP contribution in [0.2, 0.25) is 0 Å². The number of carbonyl (C=O) groups excluding carboxylic acids is 2. The molecule has 0 bridgehead atoms. The molecule has 2 aromatic heterocycles. The largest absolute Gasteiger partial charge is 0.444 e. The van der Waals surface area contributed by atoms with Crippen molar-refractivity contribution >= 4 is 17.7 Å². The number of piperazine rings is 1. The summed E-state index contributed by atoms with van der Waals surface area (Å²) in [4.78, 5) is 42.0. The van der Waals surface area contributed by atoms with Gasteiger partial charge in [-0.05, 0) is 70.0 Å². The molecule has 2 aliphatic heterocycles. The zero-order valence-electron chi connectivity index (χ0n) is 22.9. The van der Waals surface area contributed by atoms with Crippen molar-refractivity contribution in [3.8, 4) is 22.8 Å². The average molecular weight is 529 g/mol. The van der Waals surface area contributed by atoms with Gasteiger partial charge in [0.25, 0.3) is 5.91 Å². The third-order valence-electron chi connectivity index (χ3n) is 8.09. The topological polar surface area (TPSA) is 103 Å². The van der Waals surface area contributed by atoms with Crippen LogP contribution in [-0.2, 0) is 10.2 Å². The van der Waals surface area contributed by atoms with Crippen LogP contribution in [0.25, 0.3) is 22.8 Å². The van der Waals surface area contributed by atoms with E-state index in [0.717, 1.165) is 59.8 Å². The van der Waals surface area contributed by atoms with E-state index >= 15 is 0 Å². The Hall–Kier alpha value is -3.88. The highest BCUT2D eigenvalue weighted by atomic mass is 16.6. The minimum absolute atomic E-state index is 0.0122. The minimum atomic E-state index is -0.490. The number of hydrogen-bond acceptors (Lipinski definition) is 6. The Labute approximate surface area is 229 Å². The third-order valence-corrected chi connectivity index (χ3v) is 8.09. The summed E-state index contributed by atoms with van der Waals surface area (Å²) in [6.45, 7) is 9.11. The van der Waals surface area contributed by atoms with Gasteiger partial charge in [-0.25, -0.2) is 14.8 Å². The molecule has 9 heteroatoms. The second kappa shape index (κ2) is 9.70. The molecule has 0 radical (unpaired) electrons. The molecule has 2 fully saturated rings. The van der Waals surface area contributed by atoms with E-state index in [9.17, 15) is 9.59 Å². The Morgan fingerprint density at radius 2 is 1.74 bits per heavy atom. The van der Waals surface area contributed by atoms with E-state index < -0.39 is 5.60 Å². The zero-order valence-corrected chi connectivity index (χ0v) is 22.9. The number of carbonyl (C=O) groups is 2. The van der Waals surface area contributed by atoms with Gasteiger partial charge in [-0.2, -0.15) is 0 Å². The van der Waals surface area contributed by atoms with Crippen LogP contribution >= 0.6 is 0 Å². The molecule has 0 atom stereocenters. The molecule has 1 spiro atoms. The number of H-pyrrole nitrogens is 1. The van der Waals surface area contributed by atoms with Gasteiger partial charge in [-0.3, -0.25) is 4.79 Å². The van der Waals surface area contributed by atoms with Gasteiger partial charge in [0.1, 0.15) is 5.60 Å². The molecule has 4 heterocycles. The number of fused-ring (bicyclic) bond motifs is 2. The summed E-state index contributed by atoms with van der Waals surface area (Å²) in [5.41, 5.74) is 4.99. The number of nitrogens with zero attached hydrogens (tertiary/aromatic N) is 4. The van der Waals surface area contributed by atoms with E-state index in [1.807, 2.05) is 45.0 Å². The Bertz CT molecular complexity index is 1380. The second-order valence-electron chi connectivity index (χ2n) is 11.9. The number of ether oxygens (including phenoxy) is 1. The molecular formula is C30H36N6O3. The maximum Gasteiger partial charge on any atom is 0.410 e. The Balaban J connectivity index is 1.16. The number of hydrogen-bond donors (Lipinski definition) is 2. The molecule has 2 N–H and O–H groups in total. The van der Waals surface area contributed by atoms with Gasteiger partial charge in [-0.15, -0.1) is 0 Å². The standard InChI is InChI=1S/C30H36N6O3/c1-29(2,3)39-28(38)36-16-14-35(15-17-36)21-8-6-20(7-9-21)26-31-13-10-23(34-26)24-18-22-25(33-24)30(11-4-5-12-30)19-32-27(22)37/h6-10,13,18,33H,4-5,11-12,14-17,19H2,1-3H3,(H,32,37). The molecular weight excluding hydrogens is 492 g/mol. The average Bonchev–Trinajstić information content (AvgIpc) is 3.60. The van der Waals surface area contributed by atoms with Crippen molar-refractivity contribution in [3.05, 3.63) is 53.9 Å². The first kappa shape index (κ1) is 25.4. The number of benzene rings is 1. The van der Waals surface area contributed by atoms with Crippen LogP contribution in [0.1, 0.15) is 62.5 Å².